The number of fused-ring (bicyclic) bond motifs is 1. The number of carbonyl (C=O) groups is 2. The third kappa shape index (κ3) is 2.73. The molecule has 4 nitrogen and oxygen atoms in total. The molecule has 0 atom stereocenters. The molecule has 0 saturated heterocycles. The first-order chi connectivity index (χ1) is 9.22. The highest BCUT2D eigenvalue weighted by Gasteiger charge is 2.26. The second-order valence-electron chi connectivity index (χ2n) is 4.76. The minimum Gasteiger partial charge on any atom is -0.345 e. The topological polar surface area (TPSA) is 58.2 Å². The zero-order valence-corrected chi connectivity index (χ0v) is 10.3. The molecule has 2 N–H and O–H groups in total. The van der Waals surface area contributed by atoms with Gasteiger partial charge in [0.15, 0.2) is 0 Å². The van der Waals surface area contributed by atoms with Crippen molar-refractivity contribution in [3.05, 3.63) is 42.5 Å². The van der Waals surface area contributed by atoms with Crippen molar-refractivity contribution < 1.29 is 9.59 Å². The van der Waals surface area contributed by atoms with E-state index in [-0.39, 0.29) is 6.04 Å². The second kappa shape index (κ2) is 4.72. The van der Waals surface area contributed by atoms with Gasteiger partial charge in [0.05, 0.1) is 0 Å². The molecule has 2 aromatic rings. The van der Waals surface area contributed by atoms with Crippen LogP contribution in [0.2, 0.25) is 0 Å². The van der Waals surface area contributed by atoms with E-state index in [2.05, 4.69) is 10.6 Å². The van der Waals surface area contributed by atoms with E-state index < -0.39 is 11.8 Å². The molecule has 4 heteroatoms. The Bertz CT molecular complexity index is 647. The Morgan fingerprint density at radius 2 is 1.68 bits per heavy atom. The highest BCUT2D eigenvalue weighted by atomic mass is 16.2. The third-order valence-corrected chi connectivity index (χ3v) is 3.13. The van der Waals surface area contributed by atoms with E-state index in [1.165, 1.54) is 0 Å². The third-order valence-electron chi connectivity index (χ3n) is 3.13. The fourth-order valence-corrected chi connectivity index (χ4v) is 1.93. The molecule has 0 radical (unpaired) electrons. The number of carbonyl (C=O) groups excluding carboxylic acids is 2. The van der Waals surface area contributed by atoms with Crippen LogP contribution in [0.25, 0.3) is 10.8 Å². The summed E-state index contributed by atoms with van der Waals surface area (Å²) < 4.78 is 0. The molecule has 0 bridgehead atoms. The summed E-state index contributed by atoms with van der Waals surface area (Å²) in [5, 5.41) is 7.41. The van der Waals surface area contributed by atoms with Gasteiger partial charge in [-0.25, -0.2) is 0 Å². The van der Waals surface area contributed by atoms with Crippen molar-refractivity contribution in [2.24, 2.45) is 0 Å². The second-order valence-corrected chi connectivity index (χ2v) is 4.76. The Morgan fingerprint density at radius 1 is 0.947 bits per heavy atom. The predicted octanol–water partition coefficient (Wildman–Crippen LogP) is 2.06. The molecule has 2 aromatic carbocycles. The van der Waals surface area contributed by atoms with Crippen molar-refractivity contribution in [3.8, 4) is 0 Å². The van der Waals surface area contributed by atoms with Gasteiger partial charge >= 0.3 is 11.8 Å². The number of benzene rings is 2. The zero-order valence-electron chi connectivity index (χ0n) is 10.3. The van der Waals surface area contributed by atoms with E-state index in [4.69, 9.17) is 0 Å². The maximum atomic E-state index is 11.7. The Kier molecular flexibility index (Phi) is 2.91. The molecule has 2 amide bonds. The van der Waals surface area contributed by atoms with Gasteiger partial charge in [-0.2, -0.15) is 0 Å². The summed E-state index contributed by atoms with van der Waals surface area (Å²) in [7, 11) is 0. The van der Waals surface area contributed by atoms with Crippen LogP contribution in [0.5, 0.6) is 0 Å². The quantitative estimate of drug-likeness (QED) is 0.806. The zero-order chi connectivity index (χ0) is 13.2. The molecular weight excluding hydrogens is 240 g/mol. The molecule has 0 aliphatic heterocycles. The fourth-order valence-electron chi connectivity index (χ4n) is 1.93. The maximum absolute atomic E-state index is 11.7. The van der Waals surface area contributed by atoms with Crippen molar-refractivity contribution in [2.75, 3.05) is 5.32 Å². The monoisotopic (exact) mass is 254 g/mol. The van der Waals surface area contributed by atoms with E-state index in [0.29, 0.717) is 5.69 Å². The summed E-state index contributed by atoms with van der Waals surface area (Å²) in [5.41, 5.74) is 0.634. The van der Waals surface area contributed by atoms with Crippen molar-refractivity contribution in [2.45, 2.75) is 18.9 Å². The molecule has 1 aliphatic rings. The van der Waals surface area contributed by atoms with Crippen LogP contribution in [-0.4, -0.2) is 17.9 Å². The largest absolute Gasteiger partial charge is 0.345 e. The van der Waals surface area contributed by atoms with Gasteiger partial charge in [-0.15, -0.1) is 0 Å². The first-order valence-electron chi connectivity index (χ1n) is 6.33. The summed E-state index contributed by atoms with van der Waals surface area (Å²) in [4.78, 5) is 23.2. The molecule has 3 rings (SSSR count). The lowest BCUT2D eigenvalue weighted by atomic mass is 10.1. The number of amides is 2. The normalized spacial score (nSPS) is 14.1. The summed E-state index contributed by atoms with van der Waals surface area (Å²) in [5.74, 6) is -1.17. The van der Waals surface area contributed by atoms with Crippen LogP contribution in [-0.2, 0) is 9.59 Å². The van der Waals surface area contributed by atoms with Crippen LogP contribution < -0.4 is 10.6 Å². The van der Waals surface area contributed by atoms with Gasteiger partial charge in [0.1, 0.15) is 0 Å². The average molecular weight is 254 g/mol. The number of anilines is 1. The van der Waals surface area contributed by atoms with Crippen LogP contribution in [0.3, 0.4) is 0 Å². The van der Waals surface area contributed by atoms with Crippen molar-refractivity contribution in [1.82, 2.24) is 5.32 Å². The van der Waals surface area contributed by atoms with Gasteiger partial charge in [-0.3, -0.25) is 9.59 Å². The maximum Gasteiger partial charge on any atom is 0.313 e. The van der Waals surface area contributed by atoms with Crippen LogP contribution >= 0.6 is 0 Å². The van der Waals surface area contributed by atoms with Crippen LogP contribution in [0.15, 0.2) is 42.5 Å². The molecule has 0 heterocycles. The van der Waals surface area contributed by atoms with Gasteiger partial charge in [-0.1, -0.05) is 30.3 Å². The summed E-state index contributed by atoms with van der Waals surface area (Å²) in [6, 6.07) is 13.6. The van der Waals surface area contributed by atoms with Crippen LogP contribution in [0.1, 0.15) is 12.8 Å². The first kappa shape index (κ1) is 11.7. The molecule has 0 aromatic heterocycles. The Hall–Kier alpha value is -2.36. The van der Waals surface area contributed by atoms with Gasteiger partial charge < -0.3 is 10.6 Å². The van der Waals surface area contributed by atoms with Gasteiger partial charge in [0.25, 0.3) is 0 Å². The van der Waals surface area contributed by atoms with Crippen LogP contribution in [0, 0.1) is 0 Å². The lowest BCUT2D eigenvalue weighted by molar-refractivity contribution is -0.136. The molecule has 0 unspecified atom stereocenters. The van der Waals surface area contributed by atoms with E-state index in [1.807, 2.05) is 36.4 Å². The average Bonchev–Trinajstić information content (AvgIpc) is 3.22. The number of hydrogen-bond donors (Lipinski definition) is 2. The van der Waals surface area contributed by atoms with Gasteiger partial charge in [0.2, 0.25) is 0 Å². The molecule has 1 saturated carbocycles. The van der Waals surface area contributed by atoms with Gasteiger partial charge in [-0.05, 0) is 35.7 Å². The highest BCUT2D eigenvalue weighted by molar-refractivity contribution is 6.39. The lowest BCUT2D eigenvalue weighted by Crippen LogP contribution is -2.36. The van der Waals surface area contributed by atoms with Crippen molar-refractivity contribution in [3.63, 3.8) is 0 Å². The van der Waals surface area contributed by atoms with E-state index >= 15 is 0 Å². The highest BCUT2D eigenvalue weighted by Crippen LogP contribution is 2.20. The standard InChI is InChI=1S/C15H14N2O2/c18-14(16-12-7-8-12)15(19)17-13-6-5-10-3-1-2-4-11(10)9-13/h1-6,9,12H,7-8H2,(H,16,18)(H,17,19). The van der Waals surface area contributed by atoms with Gasteiger partial charge in [0, 0.05) is 11.7 Å². The molecule has 1 aliphatic carbocycles. The Balaban J connectivity index is 1.73. The lowest BCUT2D eigenvalue weighted by Gasteiger charge is -2.06. The molecule has 19 heavy (non-hydrogen) atoms. The molecule has 96 valence electrons. The minimum absolute atomic E-state index is 0.190. The van der Waals surface area contributed by atoms with Crippen LogP contribution in [0.4, 0.5) is 5.69 Å². The SMILES string of the molecule is O=C(Nc1ccc2ccccc2c1)C(=O)NC1CC1. The minimum atomic E-state index is -0.609. The van der Waals surface area contributed by atoms with E-state index in [0.717, 1.165) is 23.6 Å². The van der Waals surface area contributed by atoms with Crippen molar-refractivity contribution >= 4 is 28.3 Å². The number of rotatable bonds is 2. The Morgan fingerprint density at radius 3 is 2.42 bits per heavy atom. The first-order valence-corrected chi connectivity index (χ1v) is 6.33. The summed E-state index contributed by atoms with van der Waals surface area (Å²) >= 11 is 0. The number of hydrogen-bond acceptors (Lipinski definition) is 2. The number of nitrogens with one attached hydrogen (secondary N) is 2. The molecule has 0 spiro atoms. The Labute approximate surface area is 110 Å². The van der Waals surface area contributed by atoms with E-state index in [9.17, 15) is 9.59 Å². The molecular formula is C15H14N2O2. The van der Waals surface area contributed by atoms with Crippen molar-refractivity contribution in [1.29, 1.82) is 0 Å². The predicted molar refractivity (Wildman–Crippen MR) is 73.7 cm³/mol. The fraction of sp³-hybridized carbons (Fsp3) is 0.200. The summed E-state index contributed by atoms with van der Waals surface area (Å²) in [6.07, 6.45) is 1.93. The molecule has 1 fully saturated rings. The summed E-state index contributed by atoms with van der Waals surface area (Å²) in [6.45, 7) is 0. The van der Waals surface area contributed by atoms with E-state index in [1.54, 1.807) is 6.07 Å². The smallest absolute Gasteiger partial charge is 0.313 e.